The Kier molecular flexibility index (Phi) is 8.51. The van der Waals surface area contributed by atoms with Crippen LogP contribution in [0.25, 0.3) is 55.7 Å². The van der Waals surface area contributed by atoms with Crippen molar-refractivity contribution >= 4 is 22.1 Å². The van der Waals surface area contributed by atoms with Crippen molar-refractivity contribution in [2.45, 2.75) is 40.8 Å². The predicted octanol–water partition coefficient (Wildman–Crippen LogP) is 10.8. The number of fused-ring (bicyclic) bond motifs is 2. The fourth-order valence-electron chi connectivity index (χ4n) is 8.19. The molecular weight excluding hydrogens is 657 g/mol. The standard InChI is InChI=1S/C50H44N4/c1-35-36(2)46(32-52-34-54(50-22-14-12-20-48(50)52)44-29-25-42(26-30-44)40-17-9-6-10-18-40)38(4)37(3)45(35)31-51-33-53(49-21-13-11-19-47(49)51)43-27-23-41(24-28-43)39-15-7-5-8-16-39/h5-30,33-34H,31-32H2,1-4H3/q+2. The largest absolute Gasteiger partial charge is 0.250 e. The number of hydrogen-bond donors (Lipinski definition) is 0. The monoisotopic (exact) mass is 700 g/mol. The van der Waals surface area contributed by atoms with Crippen LogP contribution in [0.3, 0.4) is 0 Å². The first-order chi connectivity index (χ1) is 26.4. The third-order valence-electron chi connectivity index (χ3n) is 11.5. The molecule has 0 saturated carbocycles. The molecule has 9 aromatic rings. The normalized spacial score (nSPS) is 11.5. The molecule has 0 aliphatic rings. The van der Waals surface area contributed by atoms with Gasteiger partial charge >= 0.3 is 0 Å². The lowest BCUT2D eigenvalue weighted by Crippen LogP contribution is -2.35. The van der Waals surface area contributed by atoms with Gasteiger partial charge in [0.2, 0.25) is 12.7 Å². The van der Waals surface area contributed by atoms with Crippen molar-refractivity contribution in [3.63, 3.8) is 0 Å². The zero-order chi connectivity index (χ0) is 36.8. The second-order valence-electron chi connectivity index (χ2n) is 14.5. The number of benzene rings is 7. The molecule has 0 N–H and O–H groups in total. The molecule has 2 heterocycles. The Morgan fingerprint density at radius 1 is 0.352 bits per heavy atom. The molecule has 54 heavy (non-hydrogen) atoms. The summed E-state index contributed by atoms with van der Waals surface area (Å²) in [6, 6.07) is 56.5. The highest BCUT2D eigenvalue weighted by atomic mass is 15.1. The molecule has 262 valence electrons. The molecule has 0 amide bonds. The first-order valence-corrected chi connectivity index (χ1v) is 18.8. The number of nitrogens with zero attached hydrogens (tertiary/aromatic N) is 4. The number of rotatable bonds is 8. The Morgan fingerprint density at radius 2 is 0.667 bits per heavy atom. The summed E-state index contributed by atoms with van der Waals surface area (Å²) in [5.41, 5.74) is 20.3. The van der Waals surface area contributed by atoms with E-state index in [0.717, 1.165) is 24.5 Å². The summed E-state index contributed by atoms with van der Waals surface area (Å²) < 4.78 is 9.48. The van der Waals surface area contributed by atoms with Crippen molar-refractivity contribution in [2.75, 3.05) is 0 Å². The highest BCUT2D eigenvalue weighted by Crippen LogP contribution is 2.29. The molecule has 0 aliphatic carbocycles. The second kappa shape index (κ2) is 13.8. The van der Waals surface area contributed by atoms with Gasteiger partial charge in [-0.25, -0.2) is 9.13 Å². The molecule has 9 rings (SSSR count). The van der Waals surface area contributed by atoms with Gasteiger partial charge in [0, 0.05) is 0 Å². The summed E-state index contributed by atoms with van der Waals surface area (Å²) in [6.07, 6.45) is 4.55. The maximum Gasteiger partial charge on any atom is 0.250 e. The van der Waals surface area contributed by atoms with Gasteiger partial charge in [-0.2, -0.15) is 9.13 Å². The van der Waals surface area contributed by atoms with Gasteiger partial charge in [-0.15, -0.1) is 0 Å². The van der Waals surface area contributed by atoms with Gasteiger partial charge in [0.25, 0.3) is 0 Å². The molecule has 4 heteroatoms. The molecule has 4 nitrogen and oxygen atoms in total. The second-order valence-corrected chi connectivity index (χ2v) is 14.5. The van der Waals surface area contributed by atoms with E-state index in [4.69, 9.17) is 0 Å². The van der Waals surface area contributed by atoms with E-state index < -0.39 is 0 Å². The number of para-hydroxylation sites is 4. The van der Waals surface area contributed by atoms with E-state index in [1.165, 1.54) is 77.7 Å². The fraction of sp³-hybridized carbons (Fsp3) is 0.120. The van der Waals surface area contributed by atoms with Gasteiger partial charge in [0.05, 0.1) is 0 Å². The van der Waals surface area contributed by atoms with Crippen molar-refractivity contribution in [3.8, 4) is 33.6 Å². The number of imidazole rings is 2. The maximum absolute atomic E-state index is 2.42. The first-order valence-electron chi connectivity index (χ1n) is 18.8. The molecule has 0 fully saturated rings. The lowest BCUT2D eigenvalue weighted by Gasteiger charge is -2.19. The molecule has 0 aliphatic heterocycles. The highest BCUT2D eigenvalue weighted by molar-refractivity contribution is 5.76. The molecule has 0 saturated heterocycles. The topological polar surface area (TPSA) is 17.6 Å². The third-order valence-corrected chi connectivity index (χ3v) is 11.5. The van der Waals surface area contributed by atoms with E-state index >= 15 is 0 Å². The molecule has 2 aromatic heterocycles. The molecule has 0 unspecified atom stereocenters. The van der Waals surface area contributed by atoms with Crippen LogP contribution >= 0.6 is 0 Å². The van der Waals surface area contributed by atoms with Crippen LogP contribution in [0.15, 0.2) is 170 Å². The van der Waals surface area contributed by atoms with Gasteiger partial charge in [-0.3, -0.25) is 0 Å². The first kappa shape index (κ1) is 33.3. The minimum Gasteiger partial charge on any atom is -0.225 e. The molecule has 7 aromatic carbocycles. The summed E-state index contributed by atoms with van der Waals surface area (Å²) >= 11 is 0. The molecule has 0 spiro atoms. The van der Waals surface area contributed by atoms with Crippen LogP contribution in [-0.2, 0) is 13.1 Å². The van der Waals surface area contributed by atoms with E-state index in [2.05, 4.69) is 216 Å². The Bertz CT molecular complexity index is 2550. The lowest BCUT2D eigenvalue weighted by molar-refractivity contribution is -0.663. The maximum atomic E-state index is 2.42. The SMILES string of the molecule is Cc1c(C)c(C[n+]2cn(-c3ccc(-c4ccccc4)cc3)c3ccccc32)c(C)c(C)c1C[n+]1cn(-c2ccc(-c3ccccc3)cc2)c2ccccc21. The van der Waals surface area contributed by atoms with E-state index in [1.54, 1.807) is 0 Å². The molecule has 0 atom stereocenters. The van der Waals surface area contributed by atoms with Crippen molar-refractivity contribution in [3.05, 3.63) is 204 Å². The van der Waals surface area contributed by atoms with Crippen molar-refractivity contribution in [1.29, 1.82) is 0 Å². The quantitative estimate of drug-likeness (QED) is 0.140. The van der Waals surface area contributed by atoms with Gasteiger partial charge < -0.3 is 0 Å². The summed E-state index contributed by atoms with van der Waals surface area (Å²) in [5.74, 6) is 0. The Balaban J connectivity index is 1.05. The third kappa shape index (κ3) is 5.90. The minimum absolute atomic E-state index is 0.806. The zero-order valence-electron chi connectivity index (χ0n) is 31.4. The van der Waals surface area contributed by atoms with Crippen LogP contribution in [0, 0.1) is 27.7 Å². The van der Waals surface area contributed by atoms with Crippen molar-refractivity contribution < 1.29 is 9.13 Å². The smallest absolute Gasteiger partial charge is 0.225 e. The lowest BCUT2D eigenvalue weighted by atomic mass is 9.88. The summed E-state index contributed by atoms with van der Waals surface area (Å²) in [5, 5.41) is 0. The van der Waals surface area contributed by atoms with Crippen LogP contribution < -0.4 is 9.13 Å². The van der Waals surface area contributed by atoms with Crippen LogP contribution in [0.1, 0.15) is 33.4 Å². The van der Waals surface area contributed by atoms with Gasteiger partial charge in [0.15, 0.2) is 22.1 Å². The molecule has 0 radical (unpaired) electrons. The van der Waals surface area contributed by atoms with Crippen molar-refractivity contribution in [2.24, 2.45) is 0 Å². The van der Waals surface area contributed by atoms with Crippen LogP contribution in [0.5, 0.6) is 0 Å². The predicted molar refractivity (Wildman–Crippen MR) is 221 cm³/mol. The van der Waals surface area contributed by atoms with E-state index in [-0.39, 0.29) is 0 Å². The average Bonchev–Trinajstić information content (AvgIpc) is 3.79. The van der Waals surface area contributed by atoms with Gasteiger partial charge in [-0.1, -0.05) is 109 Å². The summed E-state index contributed by atoms with van der Waals surface area (Å²) in [6.45, 7) is 10.9. The fourth-order valence-corrected chi connectivity index (χ4v) is 8.19. The van der Waals surface area contributed by atoms with E-state index in [9.17, 15) is 0 Å². The average molecular weight is 701 g/mol. The summed E-state index contributed by atoms with van der Waals surface area (Å²) in [4.78, 5) is 0. The van der Waals surface area contributed by atoms with Crippen molar-refractivity contribution in [1.82, 2.24) is 9.13 Å². The van der Waals surface area contributed by atoms with Gasteiger partial charge in [-0.05, 0) is 132 Å². The Morgan fingerprint density at radius 3 is 1.04 bits per heavy atom. The molecule has 0 bridgehead atoms. The highest BCUT2D eigenvalue weighted by Gasteiger charge is 2.24. The van der Waals surface area contributed by atoms with Gasteiger partial charge in [0.1, 0.15) is 24.5 Å². The van der Waals surface area contributed by atoms with Crippen LogP contribution in [0.4, 0.5) is 0 Å². The Labute approximate surface area is 317 Å². The van der Waals surface area contributed by atoms with E-state index in [1.807, 2.05) is 0 Å². The Hall–Kier alpha value is -6.52. The van der Waals surface area contributed by atoms with E-state index in [0.29, 0.717) is 0 Å². The number of hydrogen-bond acceptors (Lipinski definition) is 0. The number of aromatic nitrogens is 4. The summed E-state index contributed by atoms with van der Waals surface area (Å²) in [7, 11) is 0. The molecular formula is C50H44N4+2. The van der Waals surface area contributed by atoms with Crippen LogP contribution in [-0.4, -0.2) is 9.13 Å². The van der Waals surface area contributed by atoms with Crippen LogP contribution in [0.2, 0.25) is 0 Å². The zero-order valence-corrected chi connectivity index (χ0v) is 31.4. The minimum atomic E-state index is 0.806.